The third kappa shape index (κ3) is 7.14. The number of nitrogens with one attached hydrogen (secondary N) is 1. The summed E-state index contributed by atoms with van der Waals surface area (Å²) in [5.41, 5.74) is 2.23. The summed E-state index contributed by atoms with van der Waals surface area (Å²) < 4.78 is 5.00. The lowest BCUT2D eigenvalue weighted by Crippen LogP contribution is -2.20. The molecule has 0 aliphatic heterocycles. The van der Waals surface area contributed by atoms with Crippen molar-refractivity contribution >= 4 is 17.3 Å². The number of hydrogen-bond donors (Lipinski definition) is 2. The summed E-state index contributed by atoms with van der Waals surface area (Å²) in [7, 11) is 3.76. The van der Waals surface area contributed by atoms with E-state index in [0.717, 1.165) is 55.2 Å². The van der Waals surface area contributed by atoms with Crippen molar-refractivity contribution < 1.29 is 9.84 Å². The van der Waals surface area contributed by atoms with Crippen molar-refractivity contribution in [1.29, 1.82) is 0 Å². The van der Waals surface area contributed by atoms with Crippen LogP contribution in [0.15, 0.2) is 18.2 Å². The molecule has 0 bridgehead atoms. The first-order valence-corrected chi connectivity index (χ1v) is 7.87. The molecule has 0 unspecified atom stereocenters. The molecule has 0 atom stereocenters. The molecule has 0 aromatic heterocycles. The van der Waals surface area contributed by atoms with Gasteiger partial charge in [0.15, 0.2) is 0 Å². The predicted octanol–water partition coefficient (Wildman–Crippen LogP) is 2.67. The van der Waals surface area contributed by atoms with Crippen LogP contribution in [0.3, 0.4) is 0 Å². The fraction of sp³-hybridized carbons (Fsp3) is 0.625. The van der Waals surface area contributed by atoms with Gasteiger partial charge in [0.25, 0.3) is 0 Å². The quantitative estimate of drug-likeness (QED) is 0.616. The molecule has 0 spiro atoms. The first-order chi connectivity index (χ1) is 10.2. The molecule has 5 heteroatoms. The van der Waals surface area contributed by atoms with E-state index in [-0.39, 0.29) is 6.61 Å². The van der Waals surface area contributed by atoms with Crippen LogP contribution in [0.2, 0.25) is 5.02 Å². The van der Waals surface area contributed by atoms with Crippen LogP contribution in [0.25, 0.3) is 0 Å². The Morgan fingerprint density at radius 1 is 1.29 bits per heavy atom. The van der Waals surface area contributed by atoms with E-state index >= 15 is 0 Å². The molecule has 120 valence electrons. The number of ether oxygens (including phenoxy) is 1. The Balaban J connectivity index is 2.44. The summed E-state index contributed by atoms with van der Waals surface area (Å²) in [6, 6.07) is 6.19. The first-order valence-electron chi connectivity index (χ1n) is 7.49. The van der Waals surface area contributed by atoms with Gasteiger partial charge in [0.1, 0.15) is 0 Å². The number of methoxy groups -OCH3 is 1. The van der Waals surface area contributed by atoms with E-state index in [0.29, 0.717) is 6.61 Å². The van der Waals surface area contributed by atoms with Gasteiger partial charge in [0.2, 0.25) is 0 Å². The fourth-order valence-corrected chi connectivity index (χ4v) is 2.32. The summed E-state index contributed by atoms with van der Waals surface area (Å²) in [5.74, 6) is 0. The van der Waals surface area contributed by atoms with Crippen LogP contribution >= 0.6 is 11.6 Å². The summed E-state index contributed by atoms with van der Waals surface area (Å²) in [4.78, 5) is 2.20. The highest BCUT2D eigenvalue weighted by molar-refractivity contribution is 6.31. The Bertz CT molecular complexity index is 402. The van der Waals surface area contributed by atoms with Gasteiger partial charge in [-0.25, -0.2) is 0 Å². The predicted molar refractivity (Wildman–Crippen MR) is 89.2 cm³/mol. The molecular formula is C16H27ClN2O2. The minimum absolute atomic E-state index is 0.278. The lowest BCUT2D eigenvalue weighted by Gasteiger charge is -2.20. The molecule has 0 aliphatic carbocycles. The molecule has 2 N–H and O–H groups in total. The number of unbranched alkanes of at least 4 members (excludes halogenated alkanes) is 2. The van der Waals surface area contributed by atoms with E-state index in [4.69, 9.17) is 21.4 Å². The molecule has 0 aliphatic rings. The SMILES string of the molecule is COCCNCc1ccc(N(C)CCCCCO)cc1Cl. The van der Waals surface area contributed by atoms with Gasteiger partial charge in [-0.15, -0.1) is 0 Å². The normalized spacial score (nSPS) is 10.9. The zero-order valence-electron chi connectivity index (χ0n) is 13.1. The Kier molecular flexibility index (Phi) is 9.42. The summed E-state index contributed by atoms with van der Waals surface area (Å²) in [6.07, 6.45) is 3.01. The minimum atomic E-state index is 0.278. The van der Waals surface area contributed by atoms with E-state index in [1.165, 1.54) is 0 Å². The zero-order chi connectivity index (χ0) is 15.5. The summed E-state index contributed by atoms with van der Waals surface area (Å²) >= 11 is 6.34. The van der Waals surface area contributed by atoms with Crippen molar-refractivity contribution in [2.24, 2.45) is 0 Å². The number of nitrogens with zero attached hydrogens (tertiary/aromatic N) is 1. The van der Waals surface area contributed by atoms with Crippen LogP contribution in [-0.4, -0.2) is 45.6 Å². The Labute approximate surface area is 133 Å². The van der Waals surface area contributed by atoms with Crippen LogP contribution in [0.5, 0.6) is 0 Å². The Hall–Kier alpha value is -0.810. The van der Waals surface area contributed by atoms with Crippen molar-refractivity contribution in [3.8, 4) is 0 Å². The molecule has 0 amide bonds. The number of hydrogen-bond acceptors (Lipinski definition) is 4. The van der Waals surface area contributed by atoms with Gasteiger partial charge in [0, 0.05) is 51.1 Å². The number of benzene rings is 1. The molecular weight excluding hydrogens is 288 g/mol. The van der Waals surface area contributed by atoms with E-state index in [1.54, 1.807) is 7.11 Å². The Morgan fingerprint density at radius 2 is 2.10 bits per heavy atom. The van der Waals surface area contributed by atoms with Crippen molar-refractivity contribution in [3.63, 3.8) is 0 Å². The topological polar surface area (TPSA) is 44.7 Å². The van der Waals surface area contributed by atoms with Crippen LogP contribution in [0.1, 0.15) is 24.8 Å². The summed E-state index contributed by atoms with van der Waals surface area (Å²) in [5, 5.41) is 12.9. The number of aliphatic hydroxyl groups is 1. The van der Waals surface area contributed by atoms with Crippen molar-refractivity contribution in [2.75, 3.05) is 45.4 Å². The molecule has 1 aromatic carbocycles. The van der Waals surface area contributed by atoms with Crippen LogP contribution in [0, 0.1) is 0 Å². The molecule has 0 heterocycles. The van der Waals surface area contributed by atoms with Crippen LogP contribution in [-0.2, 0) is 11.3 Å². The average molecular weight is 315 g/mol. The second-order valence-electron chi connectivity index (χ2n) is 5.15. The highest BCUT2D eigenvalue weighted by Gasteiger charge is 2.05. The van der Waals surface area contributed by atoms with Gasteiger partial charge in [-0.05, 0) is 37.0 Å². The number of halogens is 1. The molecule has 0 fully saturated rings. The maximum absolute atomic E-state index is 8.78. The monoisotopic (exact) mass is 314 g/mol. The number of anilines is 1. The molecule has 0 radical (unpaired) electrons. The van der Waals surface area contributed by atoms with E-state index in [1.807, 2.05) is 6.07 Å². The molecule has 1 rings (SSSR count). The third-order valence-electron chi connectivity index (χ3n) is 3.43. The number of aliphatic hydroxyl groups excluding tert-OH is 1. The zero-order valence-corrected chi connectivity index (χ0v) is 13.8. The van der Waals surface area contributed by atoms with Gasteiger partial charge in [-0.2, -0.15) is 0 Å². The van der Waals surface area contributed by atoms with Crippen LogP contribution in [0.4, 0.5) is 5.69 Å². The lowest BCUT2D eigenvalue weighted by molar-refractivity contribution is 0.199. The van der Waals surface area contributed by atoms with Crippen molar-refractivity contribution in [3.05, 3.63) is 28.8 Å². The van der Waals surface area contributed by atoms with E-state index < -0.39 is 0 Å². The summed E-state index contributed by atoms with van der Waals surface area (Å²) in [6.45, 7) is 3.52. The van der Waals surface area contributed by atoms with E-state index in [9.17, 15) is 0 Å². The molecule has 21 heavy (non-hydrogen) atoms. The molecule has 0 saturated carbocycles. The van der Waals surface area contributed by atoms with Gasteiger partial charge >= 0.3 is 0 Å². The molecule has 4 nitrogen and oxygen atoms in total. The van der Waals surface area contributed by atoms with E-state index in [2.05, 4.69) is 29.4 Å². The second-order valence-corrected chi connectivity index (χ2v) is 5.56. The van der Waals surface area contributed by atoms with Gasteiger partial charge in [-0.1, -0.05) is 17.7 Å². The lowest BCUT2D eigenvalue weighted by atomic mass is 10.1. The maximum atomic E-state index is 8.78. The first kappa shape index (κ1) is 18.2. The Morgan fingerprint density at radius 3 is 2.76 bits per heavy atom. The van der Waals surface area contributed by atoms with Gasteiger partial charge in [-0.3, -0.25) is 0 Å². The van der Waals surface area contributed by atoms with Gasteiger partial charge in [0.05, 0.1) is 6.61 Å². The van der Waals surface area contributed by atoms with Crippen LogP contribution < -0.4 is 10.2 Å². The standard InChI is InChI=1S/C16H27ClN2O2/c1-19(9-4-3-5-10-20)15-7-6-14(16(17)12-15)13-18-8-11-21-2/h6-7,12,18,20H,3-5,8-11,13H2,1-2H3. The minimum Gasteiger partial charge on any atom is -0.396 e. The second kappa shape index (κ2) is 10.9. The largest absolute Gasteiger partial charge is 0.396 e. The third-order valence-corrected chi connectivity index (χ3v) is 3.78. The number of rotatable bonds is 11. The van der Waals surface area contributed by atoms with Gasteiger partial charge < -0.3 is 20.1 Å². The smallest absolute Gasteiger partial charge is 0.0587 e. The fourth-order valence-electron chi connectivity index (χ4n) is 2.08. The van der Waals surface area contributed by atoms with Crippen molar-refractivity contribution in [1.82, 2.24) is 5.32 Å². The molecule has 0 saturated heterocycles. The average Bonchev–Trinajstić information content (AvgIpc) is 2.49. The molecule has 1 aromatic rings. The highest BCUT2D eigenvalue weighted by atomic mass is 35.5. The maximum Gasteiger partial charge on any atom is 0.0587 e. The van der Waals surface area contributed by atoms with Crippen molar-refractivity contribution in [2.45, 2.75) is 25.8 Å². The highest BCUT2D eigenvalue weighted by Crippen LogP contribution is 2.23.